The summed E-state index contributed by atoms with van der Waals surface area (Å²) in [5.41, 5.74) is 1.44. The summed E-state index contributed by atoms with van der Waals surface area (Å²) in [5, 5.41) is 12.9. The van der Waals surface area contributed by atoms with Crippen molar-refractivity contribution < 1.29 is 14.4 Å². The third-order valence-corrected chi connectivity index (χ3v) is 6.03. The van der Waals surface area contributed by atoms with Gasteiger partial charge in [0.2, 0.25) is 5.75 Å². The van der Waals surface area contributed by atoms with Crippen molar-refractivity contribution in [3.05, 3.63) is 57.9 Å². The van der Waals surface area contributed by atoms with Crippen LogP contribution in [0.25, 0.3) is 0 Å². The largest absolute Gasteiger partial charge is 0.496 e. The van der Waals surface area contributed by atoms with Gasteiger partial charge in [0.1, 0.15) is 11.8 Å². The fraction of sp³-hybridized carbons (Fsp3) is 0.368. The molecule has 1 aromatic carbocycles. The zero-order valence-corrected chi connectivity index (χ0v) is 16.5. The summed E-state index contributed by atoms with van der Waals surface area (Å²) in [5.74, 6) is 0.706. The average Bonchev–Trinajstić information content (AvgIpc) is 3.23. The molecule has 146 valence electrons. The van der Waals surface area contributed by atoms with E-state index in [-0.39, 0.29) is 23.5 Å². The standard InChI is InChI=1S/C19H20N4O4S/c1-11-10-22-18(17(21-19(22)28-11)13-6-4-5-7-20-13)12-8-14(23(24)25)16(27-3)9-15(12)26-2/h4-9,11,17-18H,10H2,1-3H3. The summed E-state index contributed by atoms with van der Waals surface area (Å²) in [4.78, 5) is 22.8. The number of aliphatic imine (C=N–C) groups is 1. The van der Waals surface area contributed by atoms with Gasteiger partial charge in [0, 0.05) is 35.7 Å². The van der Waals surface area contributed by atoms with Crippen LogP contribution in [0, 0.1) is 10.1 Å². The number of rotatable bonds is 5. The van der Waals surface area contributed by atoms with Gasteiger partial charge in [0.15, 0.2) is 5.17 Å². The van der Waals surface area contributed by atoms with Crippen molar-refractivity contribution in [2.45, 2.75) is 24.3 Å². The number of benzene rings is 1. The number of hydrogen-bond donors (Lipinski definition) is 0. The number of nitrogens with zero attached hydrogens (tertiary/aromatic N) is 4. The molecule has 0 radical (unpaired) electrons. The Kier molecular flexibility index (Phi) is 4.84. The predicted octanol–water partition coefficient (Wildman–Crippen LogP) is 3.60. The molecular formula is C19H20N4O4S. The number of nitro groups is 1. The summed E-state index contributed by atoms with van der Waals surface area (Å²) in [6.45, 7) is 2.95. The van der Waals surface area contributed by atoms with Crippen LogP contribution >= 0.6 is 11.8 Å². The Balaban J connectivity index is 1.87. The second kappa shape index (κ2) is 7.31. The number of ether oxygens (including phenoxy) is 2. The van der Waals surface area contributed by atoms with Crippen molar-refractivity contribution >= 4 is 22.6 Å². The summed E-state index contributed by atoms with van der Waals surface area (Å²) in [7, 11) is 2.96. The molecule has 0 amide bonds. The summed E-state index contributed by atoms with van der Waals surface area (Å²) in [6, 6.07) is 8.34. The predicted molar refractivity (Wildman–Crippen MR) is 107 cm³/mol. The van der Waals surface area contributed by atoms with Gasteiger partial charge < -0.3 is 14.4 Å². The number of nitro benzene ring substituents is 1. The van der Waals surface area contributed by atoms with E-state index in [1.807, 2.05) is 18.2 Å². The minimum atomic E-state index is -0.435. The van der Waals surface area contributed by atoms with Crippen LogP contribution in [-0.2, 0) is 0 Å². The Morgan fingerprint density at radius 2 is 2.04 bits per heavy atom. The average molecular weight is 400 g/mol. The van der Waals surface area contributed by atoms with E-state index >= 15 is 0 Å². The highest BCUT2D eigenvalue weighted by molar-refractivity contribution is 8.14. The smallest absolute Gasteiger partial charge is 0.311 e. The number of amidine groups is 1. The molecule has 1 saturated heterocycles. The Hall–Kier alpha value is -2.81. The molecule has 8 nitrogen and oxygen atoms in total. The van der Waals surface area contributed by atoms with E-state index in [1.54, 1.807) is 37.2 Å². The van der Waals surface area contributed by atoms with E-state index in [0.717, 1.165) is 17.4 Å². The van der Waals surface area contributed by atoms with Crippen LogP contribution < -0.4 is 9.47 Å². The maximum Gasteiger partial charge on any atom is 0.311 e. The van der Waals surface area contributed by atoms with Crippen LogP contribution in [0.2, 0.25) is 0 Å². The molecule has 2 aromatic rings. The van der Waals surface area contributed by atoms with Crippen LogP contribution in [0.15, 0.2) is 41.5 Å². The first kappa shape index (κ1) is 18.5. The number of aromatic nitrogens is 1. The minimum absolute atomic E-state index is 0.0913. The van der Waals surface area contributed by atoms with Gasteiger partial charge in [-0.05, 0) is 12.1 Å². The van der Waals surface area contributed by atoms with Crippen molar-refractivity contribution in [2.75, 3.05) is 20.8 Å². The molecule has 28 heavy (non-hydrogen) atoms. The highest BCUT2D eigenvalue weighted by atomic mass is 32.2. The van der Waals surface area contributed by atoms with Crippen molar-refractivity contribution in [3.63, 3.8) is 0 Å². The SMILES string of the molecule is COc1cc(OC)c([N+](=O)[O-])cc1C1C(c2ccccn2)N=C2SC(C)CN21. The van der Waals surface area contributed by atoms with Crippen molar-refractivity contribution in [1.82, 2.24) is 9.88 Å². The second-order valence-corrected chi connectivity index (χ2v) is 8.07. The molecule has 3 atom stereocenters. The lowest BCUT2D eigenvalue weighted by molar-refractivity contribution is -0.385. The fourth-order valence-electron chi connectivity index (χ4n) is 3.73. The summed E-state index contributed by atoms with van der Waals surface area (Å²) in [6.07, 6.45) is 1.74. The van der Waals surface area contributed by atoms with Gasteiger partial charge in [-0.25, -0.2) is 0 Å². The van der Waals surface area contributed by atoms with Crippen molar-refractivity contribution in [3.8, 4) is 11.5 Å². The number of pyridine rings is 1. The highest BCUT2D eigenvalue weighted by Gasteiger charge is 2.45. The van der Waals surface area contributed by atoms with Gasteiger partial charge in [0.05, 0.1) is 30.9 Å². The van der Waals surface area contributed by atoms with Gasteiger partial charge in [-0.1, -0.05) is 24.8 Å². The van der Waals surface area contributed by atoms with Gasteiger partial charge >= 0.3 is 5.69 Å². The zero-order valence-electron chi connectivity index (χ0n) is 15.7. The lowest BCUT2D eigenvalue weighted by atomic mass is 9.94. The first-order valence-corrected chi connectivity index (χ1v) is 9.73. The molecule has 0 aliphatic carbocycles. The van der Waals surface area contributed by atoms with Gasteiger partial charge in [0.25, 0.3) is 0 Å². The Bertz CT molecular complexity index is 937. The second-order valence-electron chi connectivity index (χ2n) is 6.66. The third-order valence-electron chi connectivity index (χ3n) is 4.93. The first-order valence-electron chi connectivity index (χ1n) is 8.85. The normalized spacial score (nSPS) is 23.3. The lowest BCUT2D eigenvalue weighted by Crippen LogP contribution is -2.29. The molecule has 3 unspecified atom stereocenters. The molecule has 0 N–H and O–H groups in total. The molecule has 9 heteroatoms. The Morgan fingerprint density at radius 3 is 2.68 bits per heavy atom. The van der Waals surface area contributed by atoms with Crippen LogP contribution in [0.4, 0.5) is 5.69 Å². The van der Waals surface area contributed by atoms with Crippen LogP contribution in [0.1, 0.15) is 30.3 Å². The van der Waals surface area contributed by atoms with Gasteiger partial charge in [-0.15, -0.1) is 0 Å². The van der Waals surface area contributed by atoms with Crippen LogP contribution in [0.5, 0.6) is 11.5 Å². The number of methoxy groups -OCH3 is 2. The lowest BCUT2D eigenvalue weighted by Gasteiger charge is -2.28. The highest BCUT2D eigenvalue weighted by Crippen LogP contribution is 2.51. The van der Waals surface area contributed by atoms with E-state index in [9.17, 15) is 10.1 Å². The van der Waals surface area contributed by atoms with E-state index in [0.29, 0.717) is 16.6 Å². The molecule has 1 fully saturated rings. The molecule has 2 aliphatic heterocycles. The molecule has 3 heterocycles. The van der Waals surface area contributed by atoms with Gasteiger partial charge in [-0.2, -0.15) is 0 Å². The zero-order chi connectivity index (χ0) is 19.8. The van der Waals surface area contributed by atoms with E-state index in [2.05, 4.69) is 16.8 Å². The van der Waals surface area contributed by atoms with E-state index in [1.165, 1.54) is 7.11 Å². The monoisotopic (exact) mass is 400 g/mol. The van der Waals surface area contributed by atoms with Crippen molar-refractivity contribution in [2.24, 2.45) is 4.99 Å². The summed E-state index contributed by atoms with van der Waals surface area (Å²) >= 11 is 1.71. The summed E-state index contributed by atoms with van der Waals surface area (Å²) < 4.78 is 10.8. The quantitative estimate of drug-likeness (QED) is 0.559. The molecular weight excluding hydrogens is 380 g/mol. The Morgan fingerprint density at radius 1 is 1.25 bits per heavy atom. The van der Waals surface area contributed by atoms with Gasteiger partial charge in [-0.3, -0.25) is 20.1 Å². The van der Waals surface area contributed by atoms with Crippen LogP contribution in [0.3, 0.4) is 0 Å². The third kappa shape index (κ3) is 3.05. The molecule has 4 rings (SSSR count). The maximum absolute atomic E-state index is 11.6. The van der Waals surface area contributed by atoms with Crippen molar-refractivity contribution in [1.29, 1.82) is 0 Å². The molecule has 0 saturated carbocycles. The first-order chi connectivity index (χ1) is 13.5. The molecule has 0 spiro atoms. The molecule has 1 aromatic heterocycles. The molecule has 2 aliphatic rings. The number of fused-ring (bicyclic) bond motifs is 1. The maximum atomic E-state index is 11.6. The van der Waals surface area contributed by atoms with Crippen LogP contribution in [-0.4, -0.2) is 46.0 Å². The van der Waals surface area contributed by atoms with E-state index in [4.69, 9.17) is 14.5 Å². The fourth-order valence-corrected chi connectivity index (χ4v) is 4.83. The Labute approximate surface area is 166 Å². The number of hydrogen-bond acceptors (Lipinski definition) is 8. The van der Waals surface area contributed by atoms with E-state index < -0.39 is 4.92 Å². The minimum Gasteiger partial charge on any atom is -0.496 e. The number of thioether (sulfide) groups is 1. The topological polar surface area (TPSA) is 90.1 Å². The molecule has 0 bridgehead atoms.